The number of hydrogen-bond donors (Lipinski definition) is 2. The van der Waals surface area contributed by atoms with E-state index in [1.165, 1.54) is 0 Å². The minimum Gasteiger partial charge on any atom is -0.493 e. The number of imidazole rings is 1. The zero-order valence-corrected chi connectivity index (χ0v) is 18.0. The molecule has 2 heterocycles. The lowest BCUT2D eigenvalue weighted by molar-refractivity contribution is 0.356. The van der Waals surface area contributed by atoms with Gasteiger partial charge in [-0.1, -0.05) is 30.3 Å². The molecule has 3 aromatic carbocycles. The fourth-order valence-corrected chi connectivity index (χ4v) is 3.62. The number of nitrogens with one attached hydrogen (secondary N) is 2. The van der Waals surface area contributed by atoms with Crippen molar-refractivity contribution in [2.24, 2.45) is 7.05 Å². The van der Waals surface area contributed by atoms with Crippen molar-refractivity contribution in [3.63, 3.8) is 0 Å². The molecule has 5 aromatic rings. The summed E-state index contributed by atoms with van der Waals surface area (Å²) in [4.78, 5) is 14.1. The molecule has 0 fully saturated rings. The molecule has 8 heteroatoms. The van der Waals surface area contributed by atoms with Gasteiger partial charge >= 0.3 is 0 Å². The fourth-order valence-electron chi connectivity index (χ4n) is 3.62. The van der Waals surface area contributed by atoms with Gasteiger partial charge in [-0.05, 0) is 30.3 Å². The first-order valence-electron chi connectivity index (χ1n) is 10.1. The maximum atomic E-state index is 5.49. The van der Waals surface area contributed by atoms with Gasteiger partial charge < -0.3 is 19.4 Å². The molecule has 0 aliphatic rings. The Morgan fingerprint density at radius 1 is 0.750 bits per heavy atom. The SMILES string of the molecule is COc1cc2nc(Nc3nc4ccccc4n3C)nc(Nc3ccccc3)c2cc1OC. The summed E-state index contributed by atoms with van der Waals surface area (Å²) < 4.78 is 12.9. The number of rotatable bonds is 6. The molecule has 2 aromatic heterocycles. The first-order valence-corrected chi connectivity index (χ1v) is 10.1. The third-order valence-corrected chi connectivity index (χ3v) is 5.25. The van der Waals surface area contributed by atoms with Crippen molar-refractivity contribution in [1.29, 1.82) is 0 Å². The molecule has 0 spiro atoms. The Morgan fingerprint density at radius 2 is 1.47 bits per heavy atom. The van der Waals surface area contributed by atoms with Gasteiger partial charge in [0.2, 0.25) is 11.9 Å². The lowest BCUT2D eigenvalue weighted by Gasteiger charge is -2.14. The molecule has 8 nitrogen and oxygen atoms in total. The lowest BCUT2D eigenvalue weighted by atomic mass is 10.2. The van der Waals surface area contributed by atoms with E-state index in [0.29, 0.717) is 34.7 Å². The van der Waals surface area contributed by atoms with Crippen molar-refractivity contribution in [2.75, 3.05) is 24.9 Å². The topological polar surface area (TPSA) is 86.1 Å². The van der Waals surface area contributed by atoms with Gasteiger partial charge in [0.05, 0.1) is 30.8 Å². The molecule has 0 radical (unpaired) electrons. The summed E-state index contributed by atoms with van der Waals surface area (Å²) in [7, 11) is 5.17. The molecule has 160 valence electrons. The molecule has 2 N–H and O–H groups in total. The van der Waals surface area contributed by atoms with Gasteiger partial charge in [0.15, 0.2) is 11.5 Å². The van der Waals surface area contributed by atoms with E-state index in [1.54, 1.807) is 14.2 Å². The number of fused-ring (bicyclic) bond motifs is 2. The van der Waals surface area contributed by atoms with Crippen molar-refractivity contribution >= 4 is 45.3 Å². The smallest absolute Gasteiger partial charge is 0.232 e. The highest BCUT2D eigenvalue weighted by Gasteiger charge is 2.15. The van der Waals surface area contributed by atoms with E-state index in [-0.39, 0.29) is 0 Å². The molecule has 5 rings (SSSR count). The van der Waals surface area contributed by atoms with Crippen LogP contribution >= 0.6 is 0 Å². The van der Waals surface area contributed by atoms with Gasteiger partial charge in [-0.3, -0.25) is 5.32 Å². The fraction of sp³-hybridized carbons (Fsp3) is 0.125. The first-order chi connectivity index (χ1) is 15.7. The highest BCUT2D eigenvalue weighted by atomic mass is 16.5. The third-order valence-electron chi connectivity index (χ3n) is 5.25. The molecule has 0 aliphatic carbocycles. The van der Waals surface area contributed by atoms with E-state index in [9.17, 15) is 0 Å². The number of aromatic nitrogens is 4. The second-order valence-corrected chi connectivity index (χ2v) is 7.22. The third kappa shape index (κ3) is 3.51. The van der Waals surface area contributed by atoms with Crippen LogP contribution in [0.3, 0.4) is 0 Å². The van der Waals surface area contributed by atoms with Crippen LogP contribution in [-0.2, 0) is 7.05 Å². The van der Waals surface area contributed by atoms with Gasteiger partial charge in [0.1, 0.15) is 5.82 Å². The minimum atomic E-state index is 0.418. The summed E-state index contributed by atoms with van der Waals surface area (Å²) in [5.74, 6) is 2.91. The molecule has 0 unspecified atom stereocenters. The number of nitrogens with zero attached hydrogens (tertiary/aromatic N) is 4. The van der Waals surface area contributed by atoms with Crippen LogP contribution in [0.5, 0.6) is 11.5 Å². The van der Waals surface area contributed by atoms with E-state index >= 15 is 0 Å². The van der Waals surface area contributed by atoms with Crippen LogP contribution in [0, 0.1) is 0 Å². The molecule has 0 atom stereocenters. The second-order valence-electron chi connectivity index (χ2n) is 7.22. The summed E-state index contributed by atoms with van der Waals surface area (Å²) in [5, 5.41) is 7.46. The van der Waals surface area contributed by atoms with Gasteiger partial charge in [-0.25, -0.2) is 9.97 Å². The minimum absolute atomic E-state index is 0.418. The number of para-hydroxylation sites is 3. The Labute approximate surface area is 184 Å². The number of benzene rings is 3. The van der Waals surface area contributed by atoms with Gasteiger partial charge in [-0.15, -0.1) is 0 Å². The molecule has 32 heavy (non-hydrogen) atoms. The average Bonchev–Trinajstić information content (AvgIpc) is 3.14. The highest BCUT2D eigenvalue weighted by Crippen LogP contribution is 2.36. The largest absolute Gasteiger partial charge is 0.493 e. The molecule has 0 aliphatic heterocycles. The predicted molar refractivity (Wildman–Crippen MR) is 126 cm³/mol. The molecular formula is C24H22N6O2. The Morgan fingerprint density at radius 3 is 2.22 bits per heavy atom. The summed E-state index contributed by atoms with van der Waals surface area (Å²) >= 11 is 0. The zero-order chi connectivity index (χ0) is 22.1. The highest BCUT2D eigenvalue weighted by molar-refractivity contribution is 5.94. The number of anilines is 4. The van der Waals surface area contributed by atoms with Gasteiger partial charge in [-0.2, -0.15) is 4.98 Å². The van der Waals surface area contributed by atoms with E-state index in [2.05, 4.69) is 15.6 Å². The van der Waals surface area contributed by atoms with Crippen molar-refractivity contribution < 1.29 is 9.47 Å². The molecule has 0 saturated carbocycles. The van der Waals surface area contributed by atoms with Crippen LogP contribution in [0.25, 0.3) is 21.9 Å². The summed E-state index contributed by atoms with van der Waals surface area (Å²) in [6.45, 7) is 0. The number of ether oxygens (including phenoxy) is 2. The molecule has 0 saturated heterocycles. The Hall–Kier alpha value is -4.33. The number of hydrogen-bond acceptors (Lipinski definition) is 7. The molecule has 0 bridgehead atoms. The second kappa shape index (κ2) is 8.07. The molecule has 0 amide bonds. The van der Waals surface area contributed by atoms with Crippen molar-refractivity contribution in [3.05, 3.63) is 66.7 Å². The number of aryl methyl sites for hydroxylation is 1. The monoisotopic (exact) mass is 426 g/mol. The average molecular weight is 426 g/mol. The van der Waals surface area contributed by atoms with Crippen LogP contribution in [-0.4, -0.2) is 33.7 Å². The summed E-state index contributed by atoms with van der Waals surface area (Å²) in [5.41, 5.74) is 3.53. The van der Waals surface area contributed by atoms with E-state index in [0.717, 1.165) is 22.1 Å². The van der Waals surface area contributed by atoms with Crippen LogP contribution in [0.15, 0.2) is 66.7 Å². The summed E-state index contributed by atoms with van der Waals surface area (Å²) in [6, 6.07) is 21.5. The van der Waals surface area contributed by atoms with Crippen LogP contribution < -0.4 is 20.1 Å². The Kier molecular flexibility index (Phi) is 4.95. The zero-order valence-electron chi connectivity index (χ0n) is 18.0. The maximum absolute atomic E-state index is 5.49. The van der Waals surface area contributed by atoms with Gasteiger partial charge in [0, 0.05) is 24.2 Å². The van der Waals surface area contributed by atoms with E-state index in [1.807, 2.05) is 78.3 Å². The van der Waals surface area contributed by atoms with E-state index in [4.69, 9.17) is 19.4 Å². The Bertz CT molecular complexity index is 1420. The first kappa shape index (κ1) is 19.6. The molecular weight excluding hydrogens is 404 g/mol. The van der Waals surface area contributed by atoms with Crippen molar-refractivity contribution in [1.82, 2.24) is 19.5 Å². The number of methoxy groups -OCH3 is 2. The maximum Gasteiger partial charge on any atom is 0.232 e. The standard InChI is InChI=1S/C24H22N6O2/c1-30-19-12-8-7-11-17(19)27-24(30)29-23-26-18-14-21(32-3)20(31-2)13-16(18)22(28-23)25-15-9-5-4-6-10-15/h4-14H,1-3H3,(H2,25,26,27,28,29). The predicted octanol–water partition coefficient (Wildman–Crippen LogP) is 5.02. The van der Waals surface area contributed by atoms with Crippen molar-refractivity contribution in [3.8, 4) is 11.5 Å². The summed E-state index contributed by atoms with van der Waals surface area (Å²) in [6.07, 6.45) is 0. The van der Waals surface area contributed by atoms with Crippen LogP contribution in [0.1, 0.15) is 0 Å². The van der Waals surface area contributed by atoms with Crippen molar-refractivity contribution in [2.45, 2.75) is 0 Å². The quantitative estimate of drug-likeness (QED) is 0.394. The Balaban J connectivity index is 1.64. The van der Waals surface area contributed by atoms with Crippen LogP contribution in [0.4, 0.5) is 23.4 Å². The van der Waals surface area contributed by atoms with Gasteiger partial charge in [0.25, 0.3) is 0 Å². The normalized spacial score (nSPS) is 11.0. The lowest BCUT2D eigenvalue weighted by Crippen LogP contribution is -2.06. The van der Waals surface area contributed by atoms with Crippen LogP contribution in [0.2, 0.25) is 0 Å². The van der Waals surface area contributed by atoms with E-state index < -0.39 is 0 Å².